The van der Waals surface area contributed by atoms with E-state index in [0.29, 0.717) is 31.5 Å². The standard InChI is InChI=1S/C24H23N3O3S/c25-14-13-18-7-10-22(11-8-18)26-24(28)21-6-3-15-27(17-21)31(29,30)23-12-9-19-4-1-2-5-20(19)16-23/h1-2,4-5,7-12,16,21H,3,6,13,15,17H2,(H,26,28). The van der Waals surface area contributed by atoms with E-state index in [4.69, 9.17) is 5.26 Å². The molecule has 3 aromatic rings. The van der Waals surface area contributed by atoms with E-state index in [9.17, 15) is 13.2 Å². The minimum Gasteiger partial charge on any atom is -0.326 e. The fourth-order valence-electron chi connectivity index (χ4n) is 3.89. The number of carbonyl (C=O) groups excluding carboxylic acids is 1. The van der Waals surface area contributed by atoms with Gasteiger partial charge in [-0.3, -0.25) is 4.79 Å². The Labute approximate surface area is 182 Å². The average Bonchev–Trinajstić information content (AvgIpc) is 2.80. The summed E-state index contributed by atoms with van der Waals surface area (Å²) in [6.07, 6.45) is 1.59. The van der Waals surface area contributed by atoms with Crippen LogP contribution < -0.4 is 5.32 Å². The molecule has 3 aromatic carbocycles. The van der Waals surface area contributed by atoms with Crippen molar-refractivity contribution in [3.05, 3.63) is 72.3 Å². The zero-order valence-electron chi connectivity index (χ0n) is 17.0. The fourth-order valence-corrected chi connectivity index (χ4v) is 5.45. The predicted octanol–water partition coefficient (Wildman–Crippen LogP) is 3.95. The van der Waals surface area contributed by atoms with E-state index in [1.54, 1.807) is 36.4 Å². The Hall–Kier alpha value is -3.21. The summed E-state index contributed by atoms with van der Waals surface area (Å²) in [5.74, 6) is -0.603. The van der Waals surface area contributed by atoms with Crippen molar-refractivity contribution in [3.63, 3.8) is 0 Å². The number of nitriles is 1. The molecule has 158 valence electrons. The van der Waals surface area contributed by atoms with Crippen LogP contribution in [0.2, 0.25) is 0 Å². The third kappa shape index (κ3) is 4.61. The summed E-state index contributed by atoms with van der Waals surface area (Å²) in [4.78, 5) is 13.0. The molecule has 0 aliphatic carbocycles. The number of nitrogens with zero attached hydrogens (tertiary/aromatic N) is 2. The van der Waals surface area contributed by atoms with E-state index in [0.717, 1.165) is 16.3 Å². The minimum absolute atomic E-state index is 0.160. The Morgan fingerprint density at radius 1 is 1.06 bits per heavy atom. The molecule has 1 N–H and O–H groups in total. The van der Waals surface area contributed by atoms with E-state index >= 15 is 0 Å². The van der Waals surface area contributed by atoms with Crippen molar-refractivity contribution in [3.8, 4) is 6.07 Å². The van der Waals surface area contributed by atoms with Crippen LogP contribution in [-0.4, -0.2) is 31.7 Å². The van der Waals surface area contributed by atoms with Crippen LogP contribution >= 0.6 is 0 Å². The summed E-state index contributed by atoms with van der Waals surface area (Å²) >= 11 is 0. The molecule has 0 spiro atoms. The van der Waals surface area contributed by atoms with Crippen LogP contribution in [0.5, 0.6) is 0 Å². The lowest BCUT2D eigenvalue weighted by Gasteiger charge is -2.31. The quantitative estimate of drug-likeness (QED) is 0.660. The lowest BCUT2D eigenvalue weighted by atomic mass is 9.98. The Bertz CT molecular complexity index is 1250. The van der Waals surface area contributed by atoms with Gasteiger partial charge in [-0.05, 0) is 53.4 Å². The van der Waals surface area contributed by atoms with Crippen molar-refractivity contribution >= 4 is 32.4 Å². The van der Waals surface area contributed by atoms with Crippen LogP contribution in [0.15, 0.2) is 71.6 Å². The highest BCUT2D eigenvalue weighted by Crippen LogP contribution is 2.27. The first-order chi connectivity index (χ1) is 15.0. The van der Waals surface area contributed by atoms with Crippen LogP contribution in [0.25, 0.3) is 10.8 Å². The van der Waals surface area contributed by atoms with E-state index in [2.05, 4.69) is 11.4 Å². The van der Waals surface area contributed by atoms with Gasteiger partial charge in [0.05, 0.1) is 23.3 Å². The van der Waals surface area contributed by atoms with Gasteiger partial charge in [0.15, 0.2) is 0 Å². The molecule has 1 saturated heterocycles. The maximum absolute atomic E-state index is 13.2. The highest BCUT2D eigenvalue weighted by molar-refractivity contribution is 7.89. The lowest BCUT2D eigenvalue weighted by Crippen LogP contribution is -2.43. The minimum atomic E-state index is -3.68. The zero-order chi connectivity index (χ0) is 21.8. The van der Waals surface area contributed by atoms with Crippen molar-refractivity contribution in [2.75, 3.05) is 18.4 Å². The highest BCUT2D eigenvalue weighted by Gasteiger charge is 2.33. The van der Waals surface area contributed by atoms with E-state index < -0.39 is 15.9 Å². The number of anilines is 1. The summed E-state index contributed by atoms with van der Waals surface area (Å²) in [5, 5.41) is 13.5. The fraction of sp³-hybridized carbons (Fsp3) is 0.250. The number of benzene rings is 3. The maximum Gasteiger partial charge on any atom is 0.243 e. The molecule has 1 atom stereocenters. The summed E-state index contributed by atoms with van der Waals surface area (Å²) in [6, 6.07) is 22.0. The number of sulfonamides is 1. The van der Waals surface area contributed by atoms with Gasteiger partial charge in [0.25, 0.3) is 0 Å². The molecule has 7 heteroatoms. The third-order valence-electron chi connectivity index (χ3n) is 5.62. The number of piperidine rings is 1. The van der Waals surface area contributed by atoms with Crippen molar-refractivity contribution < 1.29 is 13.2 Å². The number of fused-ring (bicyclic) bond motifs is 1. The Morgan fingerprint density at radius 2 is 1.81 bits per heavy atom. The highest BCUT2D eigenvalue weighted by atomic mass is 32.2. The van der Waals surface area contributed by atoms with Gasteiger partial charge in [-0.25, -0.2) is 8.42 Å². The topological polar surface area (TPSA) is 90.3 Å². The molecule has 0 aromatic heterocycles. The van der Waals surface area contributed by atoms with Crippen molar-refractivity contribution in [1.29, 1.82) is 5.26 Å². The molecule has 6 nitrogen and oxygen atoms in total. The third-order valence-corrected chi connectivity index (χ3v) is 7.48. The molecule has 0 bridgehead atoms. The number of carbonyl (C=O) groups is 1. The smallest absolute Gasteiger partial charge is 0.243 e. The molecule has 1 aliphatic rings. The molecule has 1 heterocycles. The van der Waals surface area contributed by atoms with Crippen molar-refractivity contribution in [2.45, 2.75) is 24.2 Å². The first kappa shape index (κ1) is 21.0. The molecule has 1 amide bonds. The molecule has 0 saturated carbocycles. The number of nitrogens with one attached hydrogen (secondary N) is 1. The Morgan fingerprint density at radius 3 is 2.55 bits per heavy atom. The average molecular weight is 434 g/mol. The van der Waals surface area contributed by atoms with Gasteiger partial charge in [-0.2, -0.15) is 9.57 Å². The van der Waals surface area contributed by atoms with Gasteiger partial charge in [-0.15, -0.1) is 0 Å². The first-order valence-electron chi connectivity index (χ1n) is 10.2. The van der Waals surface area contributed by atoms with Gasteiger partial charge in [-0.1, -0.05) is 42.5 Å². The SMILES string of the molecule is N#CCc1ccc(NC(=O)C2CCCN(S(=O)(=O)c3ccc4ccccc4c3)C2)cc1. The van der Waals surface area contributed by atoms with E-state index in [1.165, 1.54) is 4.31 Å². The molecular weight excluding hydrogens is 410 g/mol. The van der Waals surface area contributed by atoms with Crippen LogP contribution in [0, 0.1) is 17.2 Å². The van der Waals surface area contributed by atoms with Gasteiger partial charge in [0.1, 0.15) is 0 Å². The summed E-state index contributed by atoms with van der Waals surface area (Å²) in [7, 11) is -3.68. The van der Waals surface area contributed by atoms with Gasteiger partial charge >= 0.3 is 0 Å². The molecule has 4 rings (SSSR count). The largest absolute Gasteiger partial charge is 0.326 e. The second kappa shape index (κ2) is 8.88. The molecule has 1 fully saturated rings. The second-order valence-corrected chi connectivity index (χ2v) is 9.67. The van der Waals surface area contributed by atoms with Crippen LogP contribution in [-0.2, 0) is 21.2 Å². The second-order valence-electron chi connectivity index (χ2n) is 7.73. The number of hydrogen-bond donors (Lipinski definition) is 1. The van der Waals surface area contributed by atoms with E-state index in [-0.39, 0.29) is 17.3 Å². The summed E-state index contributed by atoms with van der Waals surface area (Å²) < 4.78 is 27.9. The van der Waals surface area contributed by atoms with Gasteiger partial charge in [0.2, 0.25) is 15.9 Å². The van der Waals surface area contributed by atoms with E-state index in [1.807, 2.05) is 30.3 Å². The number of hydrogen-bond acceptors (Lipinski definition) is 4. The van der Waals surface area contributed by atoms with Gasteiger partial charge < -0.3 is 5.32 Å². The number of amides is 1. The monoisotopic (exact) mass is 433 g/mol. The van der Waals surface area contributed by atoms with Crippen molar-refractivity contribution in [2.24, 2.45) is 5.92 Å². The molecule has 1 aliphatic heterocycles. The van der Waals surface area contributed by atoms with Crippen LogP contribution in [0.1, 0.15) is 18.4 Å². The molecule has 0 radical (unpaired) electrons. The maximum atomic E-state index is 13.2. The molecule has 1 unspecified atom stereocenters. The molecular formula is C24H23N3O3S. The van der Waals surface area contributed by atoms with Gasteiger partial charge in [0, 0.05) is 18.8 Å². The first-order valence-corrected chi connectivity index (χ1v) is 11.7. The van der Waals surface area contributed by atoms with Crippen LogP contribution in [0.4, 0.5) is 5.69 Å². The summed E-state index contributed by atoms with van der Waals surface area (Å²) in [6.45, 7) is 0.565. The predicted molar refractivity (Wildman–Crippen MR) is 120 cm³/mol. The van der Waals surface area contributed by atoms with Crippen LogP contribution in [0.3, 0.4) is 0 Å². The normalized spacial score (nSPS) is 17.2. The Balaban J connectivity index is 1.47. The molecule has 31 heavy (non-hydrogen) atoms. The zero-order valence-corrected chi connectivity index (χ0v) is 17.8. The number of rotatable bonds is 5. The lowest BCUT2D eigenvalue weighted by molar-refractivity contribution is -0.120. The Kier molecular flexibility index (Phi) is 6.03. The summed E-state index contributed by atoms with van der Waals surface area (Å²) in [5.41, 5.74) is 1.52. The van der Waals surface area contributed by atoms with Crippen molar-refractivity contribution in [1.82, 2.24) is 4.31 Å².